The quantitative estimate of drug-likeness (QED) is 0.679. The van der Waals surface area contributed by atoms with E-state index in [1.165, 1.54) is 0 Å². The van der Waals surface area contributed by atoms with Crippen molar-refractivity contribution in [1.29, 1.82) is 0 Å². The summed E-state index contributed by atoms with van der Waals surface area (Å²) in [6, 6.07) is 0. The molecular formula is C16H23N5O4. The SMILES string of the molecule is O=C1CCC2(CCN(C(=O)C3CCc4ncnn4C3)CC2)N1.O=CO. The van der Waals surface area contributed by atoms with Gasteiger partial charge in [-0.25, -0.2) is 9.67 Å². The van der Waals surface area contributed by atoms with Crippen LogP contribution in [0, 0.1) is 5.92 Å². The number of hydrogen-bond donors (Lipinski definition) is 2. The second-order valence-corrected chi connectivity index (χ2v) is 6.85. The molecule has 2 N–H and O–H groups in total. The van der Waals surface area contributed by atoms with Gasteiger partial charge in [0.2, 0.25) is 11.8 Å². The van der Waals surface area contributed by atoms with Crippen LogP contribution in [0.4, 0.5) is 0 Å². The molecule has 1 unspecified atom stereocenters. The number of carbonyl (C=O) groups excluding carboxylic acids is 2. The summed E-state index contributed by atoms with van der Waals surface area (Å²) in [6.07, 6.45) is 6.55. The highest BCUT2D eigenvalue weighted by Gasteiger charge is 2.42. The van der Waals surface area contributed by atoms with Crippen LogP contribution in [0.1, 0.15) is 37.9 Å². The molecule has 2 fully saturated rings. The van der Waals surface area contributed by atoms with E-state index in [0.717, 1.165) is 51.0 Å². The Morgan fingerprint density at radius 1 is 1.32 bits per heavy atom. The number of likely N-dealkylation sites (tertiary alicyclic amines) is 1. The molecule has 4 rings (SSSR count). The van der Waals surface area contributed by atoms with Crippen LogP contribution in [0.15, 0.2) is 6.33 Å². The highest BCUT2D eigenvalue weighted by atomic mass is 16.3. The van der Waals surface area contributed by atoms with Crippen molar-refractivity contribution in [1.82, 2.24) is 25.0 Å². The summed E-state index contributed by atoms with van der Waals surface area (Å²) in [5, 5.41) is 14.2. The standard InChI is InChI=1S/C15H21N5O2.CH2O2/c21-13-3-4-15(18-13)5-7-19(8-6-15)14(22)11-1-2-12-16-10-17-20(12)9-11;2-1-3/h10-11H,1-9H2,(H,18,21);1H,(H,2,3). The fraction of sp³-hybridized carbons (Fsp3) is 0.688. The summed E-state index contributed by atoms with van der Waals surface area (Å²) in [4.78, 5) is 38.7. The fourth-order valence-electron chi connectivity index (χ4n) is 4.00. The van der Waals surface area contributed by atoms with E-state index in [9.17, 15) is 9.59 Å². The van der Waals surface area contributed by atoms with Gasteiger partial charge in [0.15, 0.2) is 0 Å². The minimum absolute atomic E-state index is 0.0152. The van der Waals surface area contributed by atoms with Crippen LogP contribution in [-0.2, 0) is 27.3 Å². The Morgan fingerprint density at radius 2 is 2.04 bits per heavy atom. The lowest BCUT2D eigenvalue weighted by atomic mass is 9.85. The van der Waals surface area contributed by atoms with Crippen molar-refractivity contribution in [3.8, 4) is 0 Å². The van der Waals surface area contributed by atoms with Gasteiger partial charge in [0, 0.05) is 31.5 Å². The average Bonchev–Trinajstić information content (AvgIpc) is 3.22. The van der Waals surface area contributed by atoms with E-state index < -0.39 is 0 Å². The van der Waals surface area contributed by atoms with Crippen molar-refractivity contribution in [2.75, 3.05) is 13.1 Å². The number of carboxylic acid groups (broad SMARTS) is 1. The Bertz CT molecular complexity index is 651. The van der Waals surface area contributed by atoms with Crippen LogP contribution >= 0.6 is 0 Å². The van der Waals surface area contributed by atoms with Gasteiger partial charge in [-0.2, -0.15) is 5.10 Å². The molecule has 1 spiro atoms. The number of rotatable bonds is 1. The van der Waals surface area contributed by atoms with Crippen LogP contribution < -0.4 is 5.32 Å². The van der Waals surface area contributed by atoms with Crippen LogP contribution in [-0.4, -0.2) is 61.7 Å². The molecule has 1 aromatic rings. The number of piperidine rings is 1. The molecule has 0 radical (unpaired) electrons. The number of carbonyl (C=O) groups is 3. The van der Waals surface area contributed by atoms with Crippen LogP contribution in [0.25, 0.3) is 0 Å². The third-order valence-corrected chi connectivity index (χ3v) is 5.42. The van der Waals surface area contributed by atoms with Gasteiger partial charge in [0.25, 0.3) is 6.47 Å². The van der Waals surface area contributed by atoms with Gasteiger partial charge in [-0.05, 0) is 25.7 Å². The number of aromatic nitrogens is 3. The zero-order valence-electron chi connectivity index (χ0n) is 14.1. The summed E-state index contributed by atoms with van der Waals surface area (Å²) in [7, 11) is 0. The molecule has 1 atom stereocenters. The van der Waals surface area contributed by atoms with Gasteiger partial charge in [-0.15, -0.1) is 0 Å². The zero-order chi connectivity index (χ0) is 17.9. The first-order valence-electron chi connectivity index (χ1n) is 8.61. The molecule has 0 aliphatic carbocycles. The molecule has 0 aromatic carbocycles. The number of fused-ring (bicyclic) bond motifs is 1. The minimum Gasteiger partial charge on any atom is -0.483 e. The lowest BCUT2D eigenvalue weighted by Crippen LogP contribution is -2.53. The highest BCUT2D eigenvalue weighted by Crippen LogP contribution is 2.32. The van der Waals surface area contributed by atoms with E-state index in [1.54, 1.807) is 6.33 Å². The normalized spacial score (nSPS) is 24.1. The van der Waals surface area contributed by atoms with Crippen molar-refractivity contribution >= 4 is 18.3 Å². The third-order valence-electron chi connectivity index (χ3n) is 5.42. The largest absolute Gasteiger partial charge is 0.483 e. The lowest BCUT2D eigenvalue weighted by Gasteiger charge is -2.40. The van der Waals surface area contributed by atoms with Crippen LogP contribution in [0.3, 0.4) is 0 Å². The number of amides is 2. The predicted octanol–water partition coefficient (Wildman–Crippen LogP) is -0.187. The Morgan fingerprint density at radius 3 is 2.68 bits per heavy atom. The van der Waals surface area contributed by atoms with Gasteiger partial charge >= 0.3 is 0 Å². The molecule has 3 aliphatic heterocycles. The summed E-state index contributed by atoms with van der Waals surface area (Å²) >= 11 is 0. The Labute approximate surface area is 145 Å². The van der Waals surface area contributed by atoms with Gasteiger partial charge in [0.1, 0.15) is 12.2 Å². The zero-order valence-corrected chi connectivity index (χ0v) is 14.1. The fourth-order valence-corrected chi connectivity index (χ4v) is 4.00. The number of hydrogen-bond acceptors (Lipinski definition) is 5. The maximum atomic E-state index is 12.7. The van der Waals surface area contributed by atoms with Crippen molar-refractivity contribution < 1.29 is 19.5 Å². The summed E-state index contributed by atoms with van der Waals surface area (Å²) in [5.74, 6) is 1.39. The maximum Gasteiger partial charge on any atom is 0.290 e. The summed E-state index contributed by atoms with van der Waals surface area (Å²) in [6.45, 7) is 1.90. The Kier molecular flexibility index (Phi) is 5.00. The molecule has 25 heavy (non-hydrogen) atoms. The van der Waals surface area contributed by atoms with E-state index in [4.69, 9.17) is 9.90 Å². The second kappa shape index (κ2) is 7.20. The molecule has 9 heteroatoms. The van der Waals surface area contributed by atoms with Gasteiger partial charge < -0.3 is 15.3 Å². The van der Waals surface area contributed by atoms with Gasteiger partial charge in [-0.3, -0.25) is 14.4 Å². The second-order valence-electron chi connectivity index (χ2n) is 6.85. The molecule has 1 aromatic heterocycles. The Hall–Kier alpha value is -2.45. The summed E-state index contributed by atoms with van der Waals surface area (Å²) in [5.41, 5.74) is -0.0422. The van der Waals surface area contributed by atoms with Gasteiger partial charge in [0.05, 0.1) is 12.5 Å². The van der Waals surface area contributed by atoms with E-state index >= 15 is 0 Å². The number of nitrogens with one attached hydrogen (secondary N) is 1. The first-order valence-corrected chi connectivity index (χ1v) is 8.61. The van der Waals surface area contributed by atoms with Crippen LogP contribution in [0.5, 0.6) is 0 Å². The Balaban J connectivity index is 0.000000569. The van der Waals surface area contributed by atoms with Gasteiger partial charge in [-0.1, -0.05) is 0 Å². The third kappa shape index (κ3) is 3.64. The molecular weight excluding hydrogens is 326 g/mol. The monoisotopic (exact) mass is 349 g/mol. The maximum absolute atomic E-state index is 12.7. The van der Waals surface area contributed by atoms with E-state index in [1.807, 2.05) is 9.58 Å². The predicted molar refractivity (Wildman–Crippen MR) is 86.4 cm³/mol. The average molecular weight is 349 g/mol. The molecule has 3 aliphatic rings. The minimum atomic E-state index is -0.250. The number of aryl methyl sites for hydroxylation is 1. The van der Waals surface area contributed by atoms with E-state index in [2.05, 4.69) is 15.4 Å². The smallest absolute Gasteiger partial charge is 0.290 e. The molecule has 9 nitrogen and oxygen atoms in total. The van der Waals surface area contributed by atoms with Crippen LogP contribution in [0.2, 0.25) is 0 Å². The molecule has 4 heterocycles. The molecule has 2 amide bonds. The summed E-state index contributed by atoms with van der Waals surface area (Å²) < 4.78 is 1.86. The number of nitrogens with zero attached hydrogens (tertiary/aromatic N) is 4. The first-order chi connectivity index (χ1) is 12.1. The lowest BCUT2D eigenvalue weighted by molar-refractivity contribution is -0.138. The molecule has 0 bridgehead atoms. The van der Waals surface area contributed by atoms with Crippen molar-refractivity contribution in [3.05, 3.63) is 12.2 Å². The van der Waals surface area contributed by atoms with E-state index in [0.29, 0.717) is 13.0 Å². The molecule has 136 valence electrons. The van der Waals surface area contributed by atoms with Crippen molar-refractivity contribution in [2.45, 2.75) is 50.6 Å². The van der Waals surface area contributed by atoms with Crippen molar-refractivity contribution in [2.24, 2.45) is 5.92 Å². The van der Waals surface area contributed by atoms with Crippen molar-refractivity contribution in [3.63, 3.8) is 0 Å². The van der Waals surface area contributed by atoms with E-state index in [-0.39, 0.29) is 29.7 Å². The molecule has 2 saturated heterocycles. The molecule has 0 saturated carbocycles. The topological polar surface area (TPSA) is 117 Å². The highest BCUT2D eigenvalue weighted by molar-refractivity contribution is 5.80. The first kappa shape index (κ1) is 17.4.